The predicted molar refractivity (Wildman–Crippen MR) is 89.2 cm³/mol. The second-order valence-electron chi connectivity index (χ2n) is 6.88. The minimum Gasteiger partial charge on any atom is -0.0654 e. The largest absolute Gasteiger partial charge is 0.0654 e. The van der Waals surface area contributed by atoms with Gasteiger partial charge in [-0.25, -0.2) is 0 Å². The van der Waals surface area contributed by atoms with E-state index in [1.54, 1.807) is 5.56 Å². The van der Waals surface area contributed by atoms with Crippen LogP contribution in [0.5, 0.6) is 0 Å². The third-order valence-corrected chi connectivity index (χ3v) is 5.27. The standard InChI is InChI=1S/C20H32/c1-4-6-8-18-13-14-20(15-16(18)3)19-11-9-17(7-5-2)10-12-19/h9-12,16,18,20H,4-8,13-15H2,1-3H3. The van der Waals surface area contributed by atoms with Crippen molar-refractivity contribution >= 4 is 0 Å². The Balaban J connectivity index is 1.91. The molecule has 3 atom stereocenters. The van der Waals surface area contributed by atoms with Crippen molar-refractivity contribution in [2.45, 2.75) is 78.1 Å². The smallest absolute Gasteiger partial charge is 0.0159 e. The first-order chi connectivity index (χ1) is 9.74. The molecular weight excluding hydrogens is 240 g/mol. The Morgan fingerprint density at radius 2 is 1.75 bits per heavy atom. The van der Waals surface area contributed by atoms with Gasteiger partial charge in [-0.2, -0.15) is 0 Å². The molecule has 1 aliphatic rings. The normalized spacial score (nSPS) is 26.6. The minimum atomic E-state index is 0.818. The van der Waals surface area contributed by atoms with Crippen molar-refractivity contribution in [3.8, 4) is 0 Å². The van der Waals surface area contributed by atoms with Crippen molar-refractivity contribution in [3.05, 3.63) is 35.4 Å². The number of hydrogen-bond donors (Lipinski definition) is 0. The zero-order valence-electron chi connectivity index (χ0n) is 13.7. The predicted octanol–water partition coefficient (Wildman–Crippen LogP) is 6.35. The van der Waals surface area contributed by atoms with E-state index in [4.69, 9.17) is 0 Å². The van der Waals surface area contributed by atoms with Crippen LogP contribution in [0.15, 0.2) is 24.3 Å². The summed E-state index contributed by atoms with van der Waals surface area (Å²) in [7, 11) is 0. The summed E-state index contributed by atoms with van der Waals surface area (Å²) in [6, 6.07) is 9.50. The number of rotatable bonds is 6. The Morgan fingerprint density at radius 1 is 1.00 bits per heavy atom. The molecule has 0 radical (unpaired) electrons. The van der Waals surface area contributed by atoms with Crippen LogP contribution in [0.25, 0.3) is 0 Å². The fourth-order valence-corrected chi connectivity index (χ4v) is 3.90. The molecule has 0 nitrogen and oxygen atoms in total. The van der Waals surface area contributed by atoms with Crippen LogP contribution in [0.4, 0.5) is 0 Å². The average Bonchev–Trinajstić information content (AvgIpc) is 2.47. The summed E-state index contributed by atoms with van der Waals surface area (Å²) in [4.78, 5) is 0. The molecule has 1 fully saturated rings. The van der Waals surface area contributed by atoms with Gasteiger partial charge in [-0.05, 0) is 54.6 Å². The molecule has 0 heteroatoms. The van der Waals surface area contributed by atoms with Crippen LogP contribution < -0.4 is 0 Å². The summed E-state index contributed by atoms with van der Waals surface area (Å²) < 4.78 is 0. The Hall–Kier alpha value is -0.780. The molecule has 0 spiro atoms. The van der Waals surface area contributed by atoms with Crippen molar-refractivity contribution in [1.82, 2.24) is 0 Å². The van der Waals surface area contributed by atoms with Crippen molar-refractivity contribution in [2.24, 2.45) is 11.8 Å². The average molecular weight is 272 g/mol. The maximum Gasteiger partial charge on any atom is -0.0159 e. The summed E-state index contributed by atoms with van der Waals surface area (Å²) >= 11 is 0. The van der Waals surface area contributed by atoms with Gasteiger partial charge in [0.1, 0.15) is 0 Å². The van der Waals surface area contributed by atoms with E-state index in [-0.39, 0.29) is 0 Å². The maximum atomic E-state index is 2.48. The van der Waals surface area contributed by atoms with Gasteiger partial charge in [0.05, 0.1) is 0 Å². The van der Waals surface area contributed by atoms with Crippen molar-refractivity contribution in [1.29, 1.82) is 0 Å². The maximum absolute atomic E-state index is 2.48. The van der Waals surface area contributed by atoms with E-state index in [1.165, 1.54) is 56.9 Å². The molecule has 3 unspecified atom stereocenters. The first-order valence-corrected chi connectivity index (χ1v) is 8.83. The summed E-state index contributed by atoms with van der Waals surface area (Å²) in [5.41, 5.74) is 3.09. The van der Waals surface area contributed by atoms with Gasteiger partial charge in [0.2, 0.25) is 0 Å². The van der Waals surface area contributed by atoms with E-state index in [1.807, 2.05) is 0 Å². The molecule has 0 aliphatic heterocycles. The highest BCUT2D eigenvalue weighted by Crippen LogP contribution is 2.41. The second kappa shape index (κ2) is 7.86. The van der Waals surface area contributed by atoms with Gasteiger partial charge in [0, 0.05) is 0 Å². The highest BCUT2D eigenvalue weighted by atomic mass is 14.3. The molecule has 0 heterocycles. The minimum absolute atomic E-state index is 0.818. The lowest BCUT2D eigenvalue weighted by Gasteiger charge is -2.34. The monoisotopic (exact) mass is 272 g/mol. The van der Waals surface area contributed by atoms with E-state index in [9.17, 15) is 0 Å². The molecule has 1 aromatic carbocycles. The molecule has 0 amide bonds. The topological polar surface area (TPSA) is 0 Å². The Morgan fingerprint density at radius 3 is 2.35 bits per heavy atom. The zero-order valence-corrected chi connectivity index (χ0v) is 13.7. The highest BCUT2D eigenvalue weighted by Gasteiger charge is 2.27. The SMILES string of the molecule is CCCCC1CCC(c2ccc(CCC)cc2)CC1C. The molecule has 0 N–H and O–H groups in total. The van der Waals surface area contributed by atoms with Crippen LogP contribution in [-0.4, -0.2) is 0 Å². The van der Waals surface area contributed by atoms with Gasteiger partial charge in [0.25, 0.3) is 0 Å². The Kier molecular flexibility index (Phi) is 6.13. The van der Waals surface area contributed by atoms with Crippen LogP contribution in [0, 0.1) is 11.8 Å². The molecule has 20 heavy (non-hydrogen) atoms. The third-order valence-electron chi connectivity index (χ3n) is 5.27. The fraction of sp³-hybridized carbons (Fsp3) is 0.700. The van der Waals surface area contributed by atoms with Gasteiger partial charge >= 0.3 is 0 Å². The van der Waals surface area contributed by atoms with Gasteiger partial charge < -0.3 is 0 Å². The third kappa shape index (κ3) is 4.11. The quantitative estimate of drug-likeness (QED) is 0.566. The highest BCUT2D eigenvalue weighted by molar-refractivity contribution is 5.26. The number of unbranched alkanes of at least 4 members (excludes halogenated alkanes) is 1. The van der Waals surface area contributed by atoms with Crippen LogP contribution in [-0.2, 0) is 6.42 Å². The number of hydrogen-bond acceptors (Lipinski definition) is 0. The number of aryl methyl sites for hydroxylation is 1. The second-order valence-corrected chi connectivity index (χ2v) is 6.88. The molecule has 0 bridgehead atoms. The number of benzene rings is 1. The summed E-state index contributed by atoms with van der Waals surface area (Å²) in [5, 5.41) is 0. The molecule has 0 saturated heterocycles. The van der Waals surface area contributed by atoms with E-state index in [0.717, 1.165) is 17.8 Å². The first kappa shape index (κ1) is 15.6. The van der Waals surface area contributed by atoms with Gasteiger partial charge in [-0.15, -0.1) is 0 Å². The lowest BCUT2D eigenvalue weighted by Crippen LogP contribution is -2.21. The van der Waals surface area contributed by atoms with Gasteiger partial charge in [-0.3, -0.25) is 0 Å². The fourth-order valence-electron chi connectivity index (χ4n) is 3.90. The molecule has 1 saturated carbocycles. The van der Waals surface area contributed by atoms with Crippen LogP contribution in [0.3, 0.4) is 0 Å². The van der Waals surface area contributed by atoms with E-state index >= 15 is 0 Å². The molecule has 1 aromatic rings. The summed E-state index contributed by atoms with van der Waals surface area (Å²) in [6.45, 7) is 7.05. The first-order valence-electron chi connectivity index (χ1n) is 8.83. The molecular formula is C20H32. The lowest BCUT2D eigenvalue weighted by atomic mass is 9.71. The summed E-state index contributed by atoms with van der Waals surface area (Å²) in [6.07, 6.45) is 11.0. The zero-order chi connectivity index (χ0) is 14.4. The van der Waals surface area contributed by atoms with Gasteiger partial charge in [0.15, 0.2) is 0 Å². The van der Waals surface area contributed by atoms with Gasteiger partial charge in [-0.1, -0.05) is 70.7 Å². The lowest BCUT2D eigenvalue weighted by molar-refractivity contribution is 0.216. The molecule has 1 aliphatic carbocycles. The summed E-state index contributed by atoms with van der Waals surface area (Å²) in [5.74, 6) is 2.72. The van der Waals surface area contributed by atoms with Crippen molar-refractivity contribution < 1.29 is 0 Å². The van der Waals surface area contributed by atoms with Crippen LogP contribution >= 0.6 is 0 Å². The molecule has 112 valence electrons. The molecule has 2 rings (SSSR count). The van der Waals surface area contributed by atoms with E-state index in [2.05, 4.69) is 45.0 Å². The molecule has 0 aromatic heterocycles. The van der Waals surface area contributed by atoms with Crippen LogP contribution in [0.1, 0.15) is 82.8 Å². The van der Waals surface area contributed by atoms with E-state index in [0.29, 0.717) is 0 Å². The van der Waals surface area contributed by atoms with E-state index < -0.39 is 0 Å². The Labute approximate surface area is 126 Å². The van der Waals surface area contributed by atoms with Crippen molar-refractivity contribution in [3.63, 3.8) is 0 Å². The van der Waals surface area contributed by atoms with Crippen LogP contribution in [0.2, 0.25) is 0 Å². The Bertz CT molecular complexity index is 376. The van der Waals surface area contributed by atoms with Crippen molar-refractivity contribution in [2.75, 3.05) is 0 Å².